The molecule has 0 aromatic heterocycles. The molecule has 2 aromatic carbocycles. The first-order valence-corrected chi connectivity index (χ1v) is 7.70. The van der Waals surface area contributed by atoms with Crippen LogP contribution in [-0.4, -0.2) is 13.2 Å². The number of hydrogen-bond donors (Lipinski definition) is 1. The van der Waals surface area contributed by atoms with Crippen LogP contribution in [0.25, 0.3) is 0 Å². The summed E-state index contributed by atoms with van der Waals surface area (Å²) in [6.07, 6.45) is 2.39. The summed E-state index contributed by atoms with van der Waals surface area (Å²) in [4.78, 5) is 0. The van der Waals surface area contributed by atoms with Crippen LogP contribution in [0.4, 0.5) is 5.69 Å². The van der Waals surface area contributed by atoms with Gasteiger partial charge in [-0.05, 0) is 60.7 Å². The van der Waals surface area contributed by atoms with E-state index in [1.54, 1.807) is 7.11 Å². The van der Waals surface area contributed by atoms with Crippen LogP contribution in [0.5, 0.6) is 5.75 Å². The minimum atomic E-state index is 0.586. The normalized spacial score (nSPS) is 21.1. The molecule has 0 spiro atoms. The van der Waals surface area contributed by atoms with Crippen molar-refractivity contribution in [3.8, 4) is 5.75 Å². The fourth-order valence-electron chi connectivity index (χ4n) is 2.67. The molecule has 1 fully saturated rings. The van der Waals surface area contributed by atoms with E-state index in [1.165, 1.54) is 24.1 Å². The molecular weight excluding hydrogens is 314 g/mol. The smallest absolute Gasteiger partial charge is 0.118 e. The molecule has 1 N–H and O–H groups in total. The van der Waals surface area contributed by atoms with Crippen molar-refractivity contribution in [3.05, 3.63) is 58.6 Å². The molecule has 3 rings (SSSR count). The average molecular weight is 332 g/mol. The largest absolute Gasteiger partial charge is 0.497 e. The van der Waals surface area contributed by atoms with E-state index in [9.17, 15) is 0 Å². The Kier molecular flexibility index (Phi) is 3.97. The molecule has 0 atom stereocenters. The summed E-state index contributed by atoms with van der Waals surface area (Å²) in [5, 5.41) is 3.58. The van der Waals surface area contributed by atoms with Crippen LogP contribution < -0.4 is 10.1 Å². The zero-order chi connectivity index (χ0) is 13.9. The van der Waals surface area contributed by atoms with E-state index in [0.717, 1.165) is 10.2 Å². The Bertz CT molecular complexity index is 559. The van der Waals surface area contributed by atoms with Gasteiger partial charge in [-0.25, -0.2) is 0 Å². The highest BCUT2D eigenvalue weighted by Crippen LogP contribution is 2.39. The molecule has 0 saturated heterocycles. The Balaban J connectivity index is 1.54. The Labute approximate surface area is 128 Å². The van der Waals surface area contributed by atoms with Crippen molar-refractivity contribution in [1.82, 2.24) is 0 Å². The van der Waals surface area contributed by atoms with Crippen molar-refractivity contribution in [3.63, 3.8) is 0 Å². The van der Waals surface area contributed by atoms with Crippen LogP contribution in [0.3, 0.4) is 0 Å². The SMILES string of the molecule is COc1ccc(C2CC(Nc3ccc(Br)cc3)C2)cc1. The Morgan fingerprint density at radius 1 is 1.00 bits per heavy atom. The Morgan fingerprint density at radius 2 is 1.65 bits per heavy atom. The molecule has 2 aromatic rings. The number of halogens is 1. The molecule has 2 nitrogen and oxygen atoms in total. The number of hydrogen-bond acceptors (Lipinski definition) is 2. The summed E-state index contributed by atoms with van der Waals surface area (Å²) >= 11 is 3.46. The van der Waals surface area contributed by atoms with Crippen LogP contribution in [0.15, 0.2) is 53.0 Å². The molecule has 0 bridgehead atoms. The van der Waals surface area contributed by atoms with Gasteiger partial charge in [0.25, 0.3) is 0 Å². The van der Waals surface area contributed by atoms with Crippen molar-refractivity contribution in [1.29, 1.82) is 0 Å². The summed E-state index contributed by atoms with van der Waals surface area (Å²) in [5.74, 6) is 1.60. The van der Waals surface area contributed by atoms with Gasteiger partial charge in [-0.1, -0.05) is 28.1 Å². The van der Waals surface area contributed by atoms with Gasteiger partial charge in [0.05, 0.1) is 7.11 Å². The summed E-state index contributed by atoms with van der Waals surface area (Å²) in [6, 6.07) is 17.4. The highest BCUT2D eigenvalue weighted by molar-refractivity contribution is 9.10. The van der Waals surface area contributed by atoms with Gasteiger partial charge in [0.15, 0.2) is 0 Å². The lowest BCUT2D eigenvalue weighted by Crippen LogP contribution is -2.33. The van der Waals surface area contributed by atoms with E-state index in [0.29, 0.717) is 12.0 Å². The first kappa shape index (κ1) is 13.5. The molecule has 3 heteroatoms. The van der Waals surface area contributed by atoms with Gasteiger partial charge in [-0.2, -0.15) is 0 Å². The summed E-state index contributed by atoms with van der Waals surface area (Å²) in [5.41, 5.74) is 2.62. The van der Waals surface area contributed by atoms with Gasteiger partial charge in [-0.3, -0.25) is 0 Å². The fraction of sp³-hybridized carbons (Fsp3) is 0.294. The summed E-state index contributed by atoms with van der Waals surface area (Å²) < 4.78 is 6.31. The van der Waals surface area contributed by atoms with Gasteiger partial charge in [-0.15, -0.1) is 0 Å². The van der Waals surface area contributed by atoms with E-state index in [4.69, 9.17) is 4.74 Å². The van der Waals surface area contributed by atoms with Gasteiger partial charge in [0.2, 0.25) is 0 Å². The van der Waals surface area contributed by atoms with Crippen molar-refractivity contribution < 1.29 is 4.74 Å². The standard InChI is InChI=1S/C17H18BrNO/c1-20-17-8-2-12(3-9-17)13-10-16(11-13)19-15-6-4-14(18)5-7-15/h2-9,13,16,19H,10-11H2,1H3. The topological polar surface area (TPSA) is 21.3 Å². The molecule has 1 aliphatic carbocycles. The number of rotatable bonds is 4. The van der Waals surface area contributed by atoms with Crippen LogP contribution in [0, 0.1) is 0 Å². The third-order valence-electron chi connectivity index (χ3n) is 3.94. The van der Waals surface area contributed by atoms with Crippen molar-refractivity contribution >= 4 is 21.6 Å². The van der Waals surface area contributed by atoms with Crippen LogP contribution in [0.1, 0.15) is 24.3 Å². The summed E-state index contributed by atoms with van der Waals surface area (Å²) in [6.45, 7) is 0. The number of nitrogens with one attached hydrogen (secondary N) is 1. The Hall–Kier alpha value is -1.48. The lowest BCUT2D eigenvalue weighted by atomic mass is 9.76. The van der Waals surface area contributed by atoms with Gasteiger partial charge in [0.1, 0.15) is 5.75 Å². The Morgan fingerprint density at radius 3 is 2.25 bits per heavy atom. The highest BCUT2D eigenvalue weighted by atomic mass is 79.9. The van der Waals surface area contributed by atoms with E-state index in [-0.39, 0.29) is 0 Å². The molecule has 0 unspecified atom stereocenters. The molecule has 20 heavy (non-hydrogen) atoms. The van der Waals surface area contributed by atoms with E-state index in [2.05, 4.69) is 57.6 Å². The highest BCUT2D eigenvalue weighted by Gasteiger charge is 2.30. The molecule has 1 saturated carbocycles. The van der Waals surface area contributed by atoms with Crippen LogP contribution in [-0.2, 0) is 0 Å². The monoisotopic (exact) mass is 331 g/mol. The van der Waals surface area contributed by atoms with Gasteiger partial charge in [0, 0.05) is 16.2 Å². The number of anilines is 1. The third kappa shape index (κ3) is 2.98. The third-order valence-corrected chi connectivity index (χ3v) is 4.47. The minimum Gasteiger partial charge on any atom is -0.497 e. The fourth-order valence-corrected chi connectivity index (χ4v) is 2.93. The van der Waals surface area contributed by atoms with Gasteiger partial charge < -0.3 is 10.1 Å². The van der Waals surface area contributed by atoms with E-state index < -0.39 is 0 Å². The van der Waals surface area contributed by atoms with Gasteiger partial charge >= 0.3 is 0 Å². The van der Waals surface area contributed by atoms with Crippen molar-refractivity contribution in [2.24, 2.45) is 0 Å². The maximum Gasteiger partial charge on any atom is 0.118 e. The van der Waals surface area contributed by atoms with Crippen LogP contribution >= 0.6 is 15.9 Å². The first-order chi connectivity index (χ1) is 9.74. The molecule has 0 heterocycles. The van der Waals surface area contributed by atoms with E-state index >= 15 is 0 Å². The van der Waals surface area contributed by atoms with Crippen molar-refractivity contribution in [2.45, 2.75) is 24.8 Å². The second kappa shape index (κ2) is 5.88. The second-order valence-electron chi connectivity index (χ2n) is 5.29. The first-order valence-electron chi connectivity index (χ1n) is 6.90. The van der Waals surface area contributed by atoms with E-state index in [1.807, 2.05) is 12.1 Å². The quantitative estimate of drug-likeness (QED) is 0.867. The zero-order valence-corrected chi connectivity index (χ0v) is 13.1. The van der Waals surface area contributed by atoms with Crippen LogP contribution in [0.2, 0.25) is 0 Å². The molecular formula is C17H18BrNO. The predicted molar refractivity (Wildman–Crippen MR) is 86.5 cm³/mol. The van der Waals surface area contributed by atoms with Crippen molar-refractivity contribution in [2.75, 3.05) is 12.4 Å². The average Bonchev–Trinajstić information content (AvgIpc) is 2.45. The minimum absolute atomic E-state index is 0.586. The maximum absolute atomic E-state index is 5.19. The lowest BCUT2D eigenvalue weighted by molar-refractivity contribution is 0.373. The number of benzene rings is 2. The molecule has 0 amide bonds. The maximum atomic E-state index is 5.19. The number of ether oxygens (including phenoxy) is 1. The molecule has 104 valence electrons. The molecule has 0 radical (unpaired) electrons. The predicted octanol–water partition coefficient (Wildman–Crippen LogP) is 4.82. The summed E-state index contributed by atoms with van der Waals surface area (Å²) in [7, 11) is 1.70. The number of methoxy groups -OCH3 is 1. The lowest BCUT2D eigenvalue weighted by Gasteiger charge is -2.37. The molecule has 0 aliphatic heterocycles. The second-order valence-corrected chi connectivity index (χ2v) is 6.21. The molecule has 1 aliphatic rings. The zero-order valence-electron chi connectivity index (χ0n) is 11.5.